The molecule has 0 fully saturated rings. The highest BCUT2D eigenvalue weighted by Crippen LogP contribution is 2.37. The van der Waals surface area contributed by atoms with Crippen LogP contribution in [0.5, 0.6) is 5.75 Å². The molecule has 1 aliphatic rings. The molecule has 0 bridgehead atoms. The van der Waals surface area contributed by atoms with Crippen molar-refractivity contribution in [2.45, 2.75) is 31.3 Å². The molecule has 1 amide bonds. The summed E-state index contributed by atoms with van der Waals surface area (Å²) in [5.74, 6) is -0.238. The number of nitrogens with one attached hydrogen (secondary N) is 1. The highest BCUT2D eigenvalue weighted by molar-refractivity contribution is 7.90. The minimum atomic E-state index is -4.05. The molecule has 0 saturated heterocycles. The number of ether oxygens (including phenoxy) is 1. The zero-order valence-corrected chi connectivity index (χ0v) is 15.8. The highest BCUT2D eigenvalue weighted by Gasteiger charge is 2.26. The van der Waals surface area contributed by atoms with Gasteiger partial charge in [0.05, 0.1) is 9.92 Å². The number of pyridine rings is 1. The first kappa shape index (κ1) is 18.4. The lowest BCUT2D eigenvalue weighted by molar-refractivity contribution is -0.114. The summed E-state index contributed by atoms with van der Waals surface area (Å²) in [6, 6.07) is 6.23. The third-order valence-electron chi connectivity index (χ3n) is 3.95. The van der Waals surface area contributed by atoms with E-state index in [0.29, 0.717) is 23.3 Å². The van der Waals surface area contributed by atoms with Crippen LogP contribution in [0.1, 0.15) is 25.0 Å². The average Bonchev–Trinajstić information content (AvgIpc) is 2.96. The van der Waals surface area contributed by atoms with Gasteiger partial charge in [-0.3, -0.25) is 9.78 Å². The Hall–Kier alpha value is -2.38. The minimum absolute atomic E-state index is 0.0673. The molecule has 1 N–H and O–H groups in total. The molecule has 1 aromatic carbocycles. The van der Waals surface area contributed by atoms with Crippen LogP contribution in [0.2, 0.25) is 5.02 Å². The smallest absolute Gasteiger partial charge is 0.264 e. The van der Waals surface area contributed by atoms with Gasteiger partial charge in [-0.2, -0.15) is 0 Å². The van der Waals surface area contributed by atoms with Crippen LogP contribution in [0.25, 0.3) is 5.57 Å². The molecule has 0 spiro atoms. The fourth-order valence-electron chi connectivity index (χ4n) is 2.73. The van der Waals surface area contributed by atoms with Crippen LogP contribution < -0.4 is 9.46 Å². The SMILES string of the molecule is C/C(=C/C(=O)NS(=O)(=O)c1cc(Cl)c2c(c1)CC(C)O2)c1ccncc1. The number of allylic oxidation sites excluding steroid dienone is 1. The van der Waals surface area contributed by atoms with E-state index in [1.54, 1.807) is 31.5 Å². The summed E-state index contributed by atoms with van der Waals surface area (Å²) in [6.07, 6.45) is 4.91. The van der Waals surface area contributed by atoms with Crippen molar-refractivity contribution >= 4 is 33.1 Å². The summed E-state index contributed by atoms with van der Waals surface area (Å²) in [6.45, 7) is 3.59. The average molecular weight is 393 g/mol. The highest BCUT2D eigenvalue weighted by atomic mass is 35.5. The maximum absolute atomic E-state index is 12.5. The van der Waals surface area contributed by atoms with Crippen LogP contribution in [-0.2, 0) is 21.2 Å². The lowest BCUT2D eigenvalue weighted by Gasteiger charge is -2.09. The Labute approximate surface area is 156 Å². The topological polar surface area (TPSA) is 85.4 Å². The second-order valence-electron chi connectivity index (χ2n) is 6.06. The van der Waals surface area contributed by atoms with Crippen LogP contribution in [0, 0.1) is 0 Å². The van der Waals surface area contributed by atoms with E-state index in [4.69, 9.17) is 16.3 Å². The number of sulfonamides is 1. The first-order valence-corrected chi connectivity index (χ1v) is 9.77. The molecule has 3 rings (SSSR count). The maximum atomic E-state index is 12.5. The Bertz CT molecular complexity index is 988. The number of fused-ring (bicyclic) bond motifs is 1. The summed E-state index contributed by atoms with van der Waals surface area (Å²) in [5.41, 5.74) is 2.11. The van der Waals surface area contributed by atoms with Crippen molar-refractivity contribution in [2.75, 3.05) is 0 Å². The Kier molecular flexibility index (Phi) is 5.02. The number of hydrogen-bond donors (Lipinski definition) is 1. The molecule has 1 aromatic heterocycles. The quantitative estimate of drug-likeness (QED) is 0.808. The van der Waals surface area contributed by atoms with Crippen molar-refractivity contribution in [1.29, 1.82) is 0 Å². The number of aromatic nitrogens is 1. The van der Waals surface area contributed by atoms with Crippen molar-refractivity contribution < 1.29 is 17.9 Å². The monoisotopic (exact) mass is 392 g/mol. The number of rotatable bonds is 4. The van der Waals surface area contributed by atoms with E-state index >= 15 is 0 Å². The largest absolute Gasteiger partial charge is 0.489 e. The summed E-state index contributed by atoms with van der Waals surface area (Å²) < 4.78 is 32.7. The fraction of sp³-hybridized carbons (Fsp3) is 0.222. The van der Waals surface area contributed by atoms with E-state index in [0.717, 1.165) is 5.56 Å². The van der Waals surface area contributed by atoms with Gasteiger partial charge in [0, 0.05) is 30.5 Å². The van der Waals surface area contributed by atoms with E-state index in [1.165, 1.54) is 18.2 Å². The summed E-state index contributed by atoms with van der Waals surface area (Å²) in [4.78, 5) is 16.0. The van der Waals surface area contributed by atoms with Gasteiger partial charge >= 0.3 is 0 Å². The molecular weight excluding hydrogens is 376 g/mol. The van der Waals surface area contributed by atoms with E-state index < -0.39 is 15.9 Å². The van der Waals surface area contributed by atoms with Gasteiger partial charge < -0.3 is 4.74 Å². The third-order valence-corrected chi connectivity index (χ3v) is 5.56. The van der Waals surface area contributed by atoms with Crippen LogP contribution in [0.15, 0.2) is 47.6 Å². The molecule has 6 nitrogen and oxygen atoms in total. The summed E-state index contributed by atoms with van der Waals surface area (Å²) in [7, 11) is -4.05. The fourth-order valence-corrected chi connectivity index (χ4v) is 4.09. The lowest BCUT2D eigenvalue weighted by atomic mass is 10.1. The van der Waals surface area contributed by atoms with E-state index in [-0.39, 0.29) is 16.0 Å². The molecule has 0 saturated carbocycles. The molecule has 1 aliphatic heterocycles. The lowest BCUT2D eigenvalue weighted by Crippen LogP contribution is -2.29. The molecular formula is C18H17ClN2O4S. The zero-order valence-electron chi connectivity index (χ0n) is 14.2. The van der Waals surface area contributed by atoms with E-state index in [9.17, 15) is 13.2 Å². The predicted molar refractivity (Wildman–Crippen MR) is 98.5 cm³/mol. The van der Waals surface area contributed by atoms with Crippen molar-refractivity contribution in [3.05, 3.63) is 58.9 Å². The van der Waals surface area contributed by atoms with Gasteiger partial charge in [0.25, 0.3) is 15.9 Å². The summed E-state index contributed by atoms with van der Waals surface area (Å²) >= 11 is 6.13. The molecule has 26 heavy (non-hydrogen) atoms. The minimum Gasteiger partial charge on any atom is -0.489 e. The van der Waals surface area contributed by atoms with Gasteiger partial charge in [0.2, 0.25) is 0 Å². The van der Waals surface area contributed by atoms with Crippen molar-refractivity contribution in [1.82, 2.24) is 9.71 Å². The van der Waals surface area contributed by atoms with E-state index in [1.807, 2.05) is 11.6 Å². The normalized spacial score (nSPS) is 16.7. The number of carbonyl (C=O) groups is 1. The Morgan fingerprint density at radius 1 is 1.35 bits per heavy atom. The Balaban J connectivity index is 1.83. The molecule has 1 atom stereocenters. The second kappa shape index (κ2) is 7.09. The second-order valence-corrected chi connectivity index (χ2v) is 8.15. The van der Waals surface area contributed by atoms with Gasteiger partial charge in [0.1, 0.15) is 11.9 Å². The van der Waals surface area contributed by atoms with Crippen LogP contribution >= 0.6 is 11.6 Å². The first-order chi connectivity index (χ1) is 12.3. The molecule has 1 unspecified atom stereocenters. The molecule has 0 radical (unpaired) electrons. The molecule has 136 valence electrons. The van der Waals surface area contributed by atoms with Crippen LogP contribution in [-0.4, -0.2) is 25.4 Å². The molecule has 0 aliphatic carbocycles. The van der Waals surface area contributed by atoms with Gasteiger partial charge in [-0.15, -0.1) is 0 Å². The zero-order chi connectivity index (χ0) is 18.9. The van der Waals surface area contributed by atoms with Gasteiger partial charge in [-0.05, 0) is 49.2 Å². The number of nitrogens with zero attached hydrogens (tertiary/aromatic N) is 1. The third kappa shape index (κ3) is 3.89. The van der Waals surface area contributed by atoms with Crippen molar-refractivity contribution in [3.8, 4) is 5.75 Å². The Morgan fingerprint density at radius 3 is 2.73 bits per heavy atom. The predicted octanol–water partition coefficient (Wildman–Crippen LogP) is 2.97. The van der Waals surface area contributed by atoms with Gasteiger partial charge in [0.15, 0.2) is 0 Å². The van der Waals surface area contributed by atoms with E-state index in [2.05, 4.69) is 4.98 Å². The summed E-state index contributed by atoms with van der Waals surface area (Å²) in [5, 5.41) is 0.211. The first-order valence-electron chi connectivity index (χ1n) is 7.91. The molecule has 2 aromatic rings. The molecule has 8 heteroatoms. The maximum Gasteiger partial charge on any atom is 0.264 e. The number of carbonyl (C=O) groups excluding carboxylic acids is 1. The standard InChI is InChI=1S/C18H17ClN2O4S/c1-11(13-3-5-20-6-4-13)7-17(22)21-26(23,24)15-9-14-8-12(2)25-18(14)16(19)10-15/h3-7,9-10,12H,8H2,1-2H3,(H,21,22)/b11-7-. The molecule has 2 heterocycles. The number of benzene rings is 1. The van der Waals surface area contributed by atoms with Crippen LogP contribution in [0.4, 0.5) is 0 Å². The van der Waals surface area contributed by atoms with Crippen molar-refractivity contribution in [2.24, 2.45) is 0 Å². The van der Waals surface area contributed by atoms with Crippen LogP contribution in [0.3, 0.4) is 0 Å². The number of hydrogen-bond acceptors (Lipinski definition) is 5. The number of halogens is 1. The van der Waals surface area contributed by atoms with Gasteiger partial charge in [-0.25, -0.2) is 13.1 Å². The van der Waals surface area contributed by atoms with Gasteiger partial charge in [-0.1, -0.05) is 11.6 Å². The number of amides is 1. The van der Waals surface area contributed by atoms with Crippen molar-refractivity contribution in [3.63, 3.8) is 0 Å². The Morgan fingerprint density at radius 2 is 2.04 bits per heavy atom.